The van der Waals surface area contributed by atoms with E-state index in [0.29, 0.717) is 18.5 Å². The molecule has 3 rings (SSSR count). The quantitative estimate of drug-likeness (QED) is 0.850. The highest BCUT2D eigenvalue weighted by atomic mass is 19.1. The maximum Gasteiger partial charge on any atom is 0.229 e. The summed E-state index contributed by atoms with van der Waals surface area (Å²) in [5.41, 5.74) is 0.732. The van der Waals surface area contributed by atoms with E-state index in [4.69, 9.17) is 4.52 Å². The highest BCUT2D eigenvalue weighted by molar-refractivity contribution is 5.18. The van der Waals surface area contributed by atoms with Gasteiger partial charge in [-0.05, 0) is 43.4 Å². The molecule has 130 valence electrons. The summed E-state index contributed by atoms with van der Waals surface area (Å²) < 4.78 is 18.3. The molecule has 0 amide bonds. The molecule has 6 heteroatoms. The lowest BCUT2D eigenvalue weighted by Gasteiger charge is -2.28. The van der Waals surface area contributed by atoms with Crippen LogP contribution in [-0.2, 0) is 6.42 Å². The van der Waals surface area contributed by atoms with Crippen LogP contribution in [0.4, 0.5) is 4.39 Å². The number of benzene rings is 1. The third kappa shape index (κ3) is 4.19. The number of aliphatic hydroxyl groups excluding tert-OH is 1. The highest BCUT2D eigenvalue weighted by Gasteiger charge is 2.26. The van der Waals surface area contributed by atoms with Gasteiger partial charge in [-0.2, -0.15) is 4.98 Å². The average Bonchev–Trinajstić information content (AvgIpc) is 3.10. The number of rotatable bonds is 6. The first kappa shape index (κ1) is 17.0. The molecule has 1 aliphatic rings. The molecular weight excluding hydrogens is 309 g/mol. The largest absolute Gasteiger partial charge is 0.387 e. The van der Waals surface area contributed by atoms with Gasteiger partial charge < -0.3 is 14.9 Å². The smallest absolute Gasteiger partial charge is 0.229 e. The second-order valence-electron chi connectivity index (χ2n) is 6.43. The van der Waals surface area contributed by atoms with E-state index < -0.39 is 6.10 Å². The van der Waals surface area contributed by atoms with Crippen molar-refractivity contribution in [3.05, 3.63) is 47.4 Å². The fourth-order valence-electron chi connectivity index (χ4n) is 3.20. The Bertz CT molecular complexity index is 636. The maximum atomic E-state index is 12.9. The van der Waals surface area contributed by atoms with E-state index in [1.807, 2.05) is 6.92 Å². The van der Waals surface area contributed by atoms with Gasteiger partial charge in [0.2, 0.25) is 5.89 Å². The number of nitrogens with zero attached hydrogens (tertiary/aromatic N) is 2. The maximum absolute atomic E-state index is 12.9. The van der Waals surface area contributed by atoms with E-state index in [0.717, 1.165) is 49.4 Å². The van der Waals surface area contributed by atoms with Crippen LogP contribution in [0.3, 0.4) is 0 Å². The minimum absolute atomic E-state index is 0.288. The Hall–Kier alpha value is -1.79. The topological polar surface area (TPSA) is 71.2 Å². The Labute approximate surface area is 141 Å². The zero-order valence-corrected chi connectivity index (χ0v) is 13.9. The first-order valence-corrected chi connectivity index (χ1v) is 8.65. The van der Waals surface area contributed by atoms with Crippen LogP contribution in [0, 0.1) is 5.82 Å². The van der Waals surface area contributed by atoms with E-state index >= 15 is 0 Å². The van der Waals surface area contributed by atoms with Crippen LogP contribution in [0.25, 0.3) is 0 Å². The minimum Gasteiger partial charge on any atom is -0.387 e. The van der Waals surface area contributed by atoms with Crippen molar-refractivity contribution in [3.63, 3.8) is 0 Å². The molecule has 1 fully saturated rings. The summed E-state index contributed by atoms with van der Waals surface area (Å²) in [5.74, 6) is 1.59. The SMILES string of the molecule is CCc1noc(C2CCC(NC[C@@H](O)c3ccc(F)cc3)CC2)n1. The van der Waals surface area contributed by atoms with Gasteiger partial charge in [0.1, 0.15) is 5.82 Å². The van der Waals surface area contributed by atoms with Crippen molar-refractivity contribution in [3.8, 4) is 0 Å². The van der Waals surface area contributed by atoms with Gasteiger partial charge in [0.05, 0.1) is 6.10 Å². The molecule has 24 heavy (non-hydrogen) atoms. The minimum atomic E-state index is -0.619. The number of hydrogen-bond acceptors (Lipinski definition) is 5. The zero-order valence-electron chi connectivity index (χ0n) is 13.9. The summed E-state index contributed by atoms with van der Waals surface area (Å²) in [6, 6.07) is 6.38. The molecular formula is C18H24FN3O2. The molecule has 1 aliphatic carbocycles. The third-order valence-corrected chi connectivity index (χ3v) is 4.73. The number of hydrogen-bond donors (Lipinski definition) is 2. The monoisotopic (exact) mass is 333 g/mol. The Kier molecular flexibility index (Phi) is 5.58. The van der Waals surface area contributed by atoms with Crippen molar-refractivity contribution in [2.24, 2.45) is 0 Å². The summed E-state index contributed by atoms with van der Waals surface area (Å²) >= 11 is 0. The molecule has 2 aromatic rings. The van der Waals surface area contributed by atoms with Gasteiger partial charge in [-0.15, -0.1) is 0 Å². The fourth-order valence-corrected chi connectivity index (χ4v) is 3.20. The Morgan fingerprint density at radius 1 is 1.25 bits per heavy atom. The van der Waals surface area contributed by atoms with Crippen LogP contribution in [0.15, 0.2) is 28.8 Å². The Balaban J connectivity index is 1.44. The van der Waals surface area contributed by atoms with E-state index in [9.17, 15) is 9.50 Å². The van der Waals surface area contributed by atoms with Crippen LogP contribution in [0.2, 0.25) is 0 Å². The van der Waals surface area contributed by atoms with Crippen molar-refractivity contribution in [1.82, 2.24) is 15.5 Å². The van der Waals surface area contributed by atoms with E-state index in [1.165, 1.54) is 12.1 Å². The lowest BCUT2D eigenvalue weighted by atomic mass is 9.86. The van der Waals surface area contributed by atoms with E-state index in [2.05, 4.69) is 15.5 Å². The lowest BCUT2D eigenvalue weighted by Crippen LogP contribution is -2.35. The summed E-state index contributed by atoms with van der Waals surface area (Å²) in [7, 11) is 0. The van der Waals surface area contributed by atoms with Crippen molar-refractivity contribution < 1.29 is 14.0 Å². The highest BCUT2D eigenvalue weighted by Crippen LogP contribution is 2.32. The van der Waals surface area contributed by atoms with Crippen molar-refractivity contribution in [2.45, 2.75) is 57.1 Å². The van der Waals surface area contributed by atoms with Crippen LogP contribution in [-0.4, -0.2) is 27.8 Å². The lowest BCUT2D eigenvalue weighted by molar-refractivity contribution is 0.163. The molecule has 1 aromatic carbocycles. The summed E-state index contributed by atoms with van der Waals surface area (Å²) in [6.07, 6.45) is 4.23. The molecule has 0 saturated heterocycles. The standard InChI is InChI=1S/C18H24FN3O2/c1-2-17-21-18(24-22-17)13-5-9-15(10-6-13)20-11-16(23)12-3-7-14(19)8-4-12/h3-4,7-8,13,15-16,20,23H,2,5-6,9-11H2,1H3/t13?,15?,16-/m1/s1. The average molecular weight is 333 g/mol. The van der Waals surface area contributed by atoms with Crippen molar-refractivity contribution in [2.75, 3.05) is 6.54 Å². The van der Waals surface area contributed by atoms with Crippen molar-refractivity contribution >= 4 is 0 Å². The molecule has 0 bridgehead atoms. The first-order valence-electron chi connectivity index (χ1n) is 8.65. The van der Waals surface area contributed by atoms with Gasteiger partial charge in [0, 0.05) is 24.9 Å². The summed E-state index contributed by atoms with van der Waals surface area (Å²) in [6.45, 7) is 2.49. The number of aromatic nitrogens is 2. The van der Waals surface area contributed by atoms with E-state index in [1.54, 1.807) is 12.1 Å². The fraction of sp³-hybridized carbons (Fsp3) is 0.556. The molecule has 0 unspecified atom stereocenters. The van der Waals surface area contributed by atoms with Gasteiger partial charge in [-0.25, -0.2) is 4.39 Å². The third-order valence-electron chi connectivity index (χ3n) is 4.73. The van der Waals surface area contributed by atoms with Gasteiger partial charge >= 0.3 is 0 Å². The van der Waals surface area contributed by atoms with Crippen LogP contribution >= 0.6 is 0 Å². The summed E-state index contributed by atoms with van der Waals surface area (Å²) in [4.78, 5) is 4.43. The van der Waals surface area contributed by atoms with Gasteiger partial charge in [-0.3, -0.25) is 0 Å². The number of aliphatic hydroxyl groups is 1. The summed E-state index contributed by atoms with van der Waals surface area (Å²) in [5, 5.41) is 17.6. The Morgan fingerprint density at radius 2 is 1.96 bits per heavy atom. The normalized spacial score (nSPS) is 22.5. The molecule has 5 nitrogen and oxygen atoms in total. The number of halogens is 1. The zero-order chi connectivity index (χ0) is 16.9. The first-order chi connectivity index (χ1) is 11.7. The van der Waals surface area contributed by atoms with E-state index in [-0.39, 0.29) is 5.82 Å². The molecule has 0 radical (unpaired) electrons. The van der Waals surface area contributed by atoms with Crippen LogP contribution < -0.4 is 5.32 Å². The van der Waals surface area contributed by atoms with Crippen LogP contribution in [0.5, 0.6) is 0 Å². The second kappa shape index (κ2) is 7.85. The number of nitrogens with one attached hydrogen (secondary N) is 1. The molecule has 0 spiro atoms. The molecule has 1 heterocycles. The molecule has 1 aromatic heterocycles. The second-order valence-corrected chi connectivity index (χ2v) is 6.43. The van der Waals surface area contributed by atoms with Gasteiger partial charge in [-0.1, -0.05) is 24.2 Å². The Morgan fingerprint density at radius 3 is 2.58 bits per heavy atom. The predicted octanol–water partition coefficient (Wildman–Crippen LogP) is 3.12. The molecule has 1 saturated carbocycles. The number of aryl methyl sites for hydroxylation is 1. The van der Waals surface area contributed by atoms with Crippen molar-refractivity contribution in [1.29, 1.82) is 0 Å². The molecule has 1 atom stereocenters. The van der Waals surface area contributed by atoms with Gasteiger partial charge in [0.25, 0.3) is 0 Å². The molecule has 2 N–H and O–H groups in total. The van der Waals surface area contributed by atoms with Crippen LogP contribution in [0.1, 0.15) is 61.9 Å². The molecule has 0 aliphatic heterocycles. The predicted molar refractivity (Wildman–Crippen MR) is 88.0 cm³/mol. The van der Waals surface area contributed by atoms with Gasteiger partial charge in [0.15, 0.2) is 5.82 Å².